The molecule has 0 spiro atoms. The molecule has 3 aromatic heterocycles. The Morgan fingerprint density at radius 2 is 2.21 bits per heavy atom. The van der Waals surface area contributed by atoms with Crippen LogP contribution in [0.1, 0.15) is 30.3 Å². The largest absolute Gasteiger partial charge is 0.307 e. The first kappa shape index (κ1) is 15.1. The van der Waals surface area contributed by atoms with Gasteiger partial charge in [0.05, 0.1) is 11.4 Å². The van der Waals surface area contributed by atoms with Gasteiger partial charge in [0.1, 0.15) is 5.65 Å². The van der Waals surface area contributed by atoms with Crippen molar-refractivity contribution in [2.24, 2.45) is 0 Å². The Bertz CT molecular complexity index is 894. The lowest BCUT2D eigenvalue weighted by Crippen LogP contribution is -2.34. The van der Waals surface area contributed by atoms with Crippen molar-refractivity contribution in [3.63, 3.8) is 0 Å². The Hall–Kier alpha value is -2.47. The smallest absolute Gasteiger partial charge is 0.267 e. The van der Waals surface area contributed by atoms with Crippen LogP contribution in [-0.4, -0.2) is 30.6 Å². The second-order valence-electron chi connectivity index (χ2n) is 6.34. The number of nitrogens with zero attached hydrogens (tertiary/aromatic N) is 5. The van der Waals surface area contributed by atoms with Crippen molar-refractivity contribution < 1.29 is 0 Å². The normalized spacial score (nSPS) is 14.9. The van der Waals surface area contributed by atoms with Crippen molar-refractivity contribution in [3.8, 4) is 0 Å². The van der Waals surface area contributed by atoms with Crippen LogP contribution >= 0.6 is 0 Å². The first-order valence-corrected chi connectivity index (χ1v) is 8.48. The molecule has 0 bridgehead atoms. The highest BCUT2D eigenvalue weighted by Crippen LogP contribution is 2.17. The van der Waals surface area contributed by atoms with E-state index < -0.39 is 0 Å². The number of aryl methyl sites for hydroxylation is 1. The maximum absolute atomic E-state index is 12.1. The molecule has 0 unspecified atom stereocenters. The zero-order valence-corrected chi connectivity index (χ0v) is 13.9. The number of rotatable bonds is 4. The zero-order chi connectivity index (χ0) is 16.5. The molecule has 3 aromatic rings. The third-order valence-corrected chi connectivity index (χ3v) is 4.46. The van der Waals surface area contributed by atoms with E-state index in [-0.39, 0.29) is 5.56 Å². The van der Waals surface area contributed by atoms with E-state index in [0.717, 1.165) is 55.1 Å². The average Bonchev–Trinajstić information content (AvgIpc) is 2.98. The Balaban J connectivity index is 1.53. The van der Waals surface area contributed by atoms with Crippen molar-refractivity contribution in [2.45, 2.75) is 39.4 Å². The standard InChI is InChI=1S/C18H21N5O/c1-2-7-23-18(24)10-14-11-21(9-6-16(14)20-23)12-15-13-22-8-4-3-5-17(22)19-15/h3-5,8,10,13H,2,6-7,9,11-12H2,1H3. The van der Waals surface area contributed by atoms with Crippen LogP contribution in [0.5, 0.6) is 0 Å². The Morgan fingerprint density at radius 3 is 3.04 bits per heavy atom. The van der Waals surface area contributed by atoms with Crippen LogP contribution in [0.25, 0.3) is 5.65 Å². The Kier molecular flexibility index (Phi) is 3.90. The van der Waals surface area contributed by atoms with Gasteiger partial charge in [-0.1, -0.05) is 13.0 Å². The van der Waals surface area contributed by atoms with Crippen molar-refractivity contribution >= 4 is 5.65 Å². The van der Waals surface area contributed by atoms with E-state index in [2.05, 4.69) is 28.1 Å². The van der Waals surface area contributed by atoms with Crippen LogP contribution in [0.2, 0.25) is 0 Å². The van der Waals surface area contributed by atoms with Gasteiger partial charge in [-0.2, -0.15) is 5.10 Å². The second-order valence-corrected chi connectivity index (χ2v) is 6.34. The highest BCUT2D eigenvalue weighted by molar-refractivity contribution is 5.39. The van der Waals surface area contributed by atoms with Crippen LogP contribution in [-0.2, 0) is 26.1 Å². The highest BCUT2D eigenvalue weighted by Gasteiger charge is 2.20. The number of imidazole rings is 1. The van der Waals surface area contributed by atoms with Crippen molar-refractivity contribution in [1.82, 2.24) is 24.1 Å². The summed E-state index contributed by atoms with van der Waals surface area (Å²) in [7, 11) is 0. The van der Waals surface area contributed by atoms with Crippen LogP contribution in [0.15, 0.2) is 41.5 Å². The summed E-state index contributed by atoms with van der Waals surface area (Å²) in [5, 5.41) is 4.54. The van der Waals surface area contributed by atoms with Gasteiger partial charge in [-0.05, 0) is 24.1 Å². The maximum atomic E-state index is 12.1. The van der Waals surface area contributed by atoms with E-state index in [9.17, 15) is 4.79 Å². The van der Waals surface area contributed by atoms with Gasteiger partial charge < -0.3 is 4.40 Å². The lowest BCUT2D eigenvalue weighted by molar-refractivity contribution is 0.238. The topological polar surface area (TPSA) is 55.4 Å². The van der Waals surface area contributed by atoms with E-state index in [1.807, 2.05) is 28.8 Å². The summed E-state index contributed by atoms with van der Waals surface area (Å²) in [5.41, 5.74) is 4.15. The molecule has 0 saturated carbocycles. The third kappa shape index (κ3) is 2.85. The summed E-state index contributed by atoms with van der Waals surface area (Å²) >= 11 is 0. The molecule has 24 heavy (non-hydrogen) atoms. The predicted molar refractivity (Wildman–Crippen MR) is 91.8 cm³/mol. The van der Waals surface area contributed by atoms with E-state index in [4.69, 9.17) is 0 Å². The molecule has 0 aromatic carbocycles. The van der Waals surface area contributed by atoms with Crippen LogP contribution < -0.4 is 5.56 Å². The number of fused-ring (bicyclic) bond motifs is 2. The summed E-state index contributed by atoms with van der Waals surface area (Å²) in [4.78, 5) is 19.1. The number of hydrogen-bond donors (Lipinski definition) is 0. The van der Waals surface area contributed by atoms with Gasteiger partial charge >= 0.3 is 0 Å². The molecule has 0 radical (unpaired) electrons. The van der Waals surface area contributed by atoms with Gasteiger partial charge in [-0.15, -0.1) is 0 Å². The second kappa shape index (κ2) is 6.20. The maximum Gasteiger partial charge on any atom is 0.267 e. The molecule has 0 aliphatic carbocycles. The van der Waals surface area contributed by atoms with Crippen LogP contribution in [0, 0.1) is 0 Å². The molecule has 4 heterocycles. The fraction of sp³-hybridized carbons (Fsp3) is 0.389. The molecule has 0 atom stereocenters. The van der Waals surface area contributed by atoms with Crippen LogP contribution in [0.4, 0.5) is 0 Å². The third-order valence-electron chi connectivity index (χ3n) is 4.46. The molecular weight excluding hydrogens is 302 g/mol. The number of hydrogen-bond acceptors (Lipinski definition) is 4. The molecule has 1 aliphatic rings. The SMILES string of the molecule is CCCn1nc2c(cc1=O)CN(Cc1cn3ccccc3n1)CC2. The summed E-state index contributed by atoms with van der Waals surface area (Å²) in [6.45, 7) is 5.25. The molecule has 124 valence electrons. The predicted octanol–water partition coefficient (Wildman–Crippen LogP) is 1.86. The number of aromatic nitrogens is 4. The minimum absolute atomic E-state index is 0.00480. The van der Waals surface area contributed by atoms with E-state index in [1.165, 1.54) is 0 Å². The molecule has 1 aliphatic heterocycles. The molecule has 6 nitrogen and oxygen atoms in total. The lowest BCUT2D eigenvalue weighted by Gasteiger charge is -2.27. The summed E-state index contributed by atoms with van der Waals surface area (Å²) in [6, 6.07) is 7.77. The molecule has 6 heteroatoms. The molecule has 0 amide bonds. The minimum atomic E-state index is 0.00480. The highest BCUT2D eigenvalue weighted by atomic mass is 16.1. The van der Waals surface area contributed by atoms with Crippen molar-refractivity contribution in [2.75, 3.05) is 6.54 Å². The first-order chi connectivity index (χ1) is 11.7. The number of pyridine rings is 1. The summed E-state index contributed by atoms with van der Waals surface area (Å²) in [5.74, 6) is 0. The molecule has 4 rings (SSSR count). The quantitative estimate of drug-likeness (QED) is 0.735. The fourth-order valence-corrected chi connectivity index (χ4v) is 3.30. The van der Waals surface area contributed by atoms with E-state index in [1.54, 1.807) is 10.7 Å². The van der Waals surface area contributed by atoms with Gasteiger partial charge in [0.15, 0.2) is 0 Å². The van der Waals surface area contributed by atoms with E-state index >= 15 is 0 Å². The lowest BCUT2D eigenvalue weighted by atomic mass is 10.1. The van der Waals surface area contributed by atoms with Gasteiger partial charge in [0.25, 0.3) is 5.56 Å². The molecule has 0 saturated heterocycles. The van der Waals surface area contributed by atoms with Crippen molar-refractivity contribution in [3.05, 3.63) is 64.0 Å². The van der Waals surface area contributed by atoms with Gasteiger partial charge in [-0.25, -0.2) is 9.67 Å². The van der Waals surface area contributed by atoms with Crippen LogP contribution in [0.3, 0.4) is 0 Å². The zero-order valence-electron chi connectivity index (χ0n) is 13.9. The monoisotopic (exact) mass is 323 g/mol. The van der Waals surface area contributed by atoms with Gasteiger partial charge in [-0.3, -0.25) is 9.69 Å². The molecule has 0 N–H and O–H groups in total. The van der Waals surface area contributed by atoms with Crippen molar-refractivity contribution in [1.29, 1.82) is 0 Å². The summed E-state index contributed by atoms with van der Waals surface area (Å²) in [6.07, 6.45) is 5.89. The summed E-state index contributed by atoms with van der Waals surface area (Å²) < 4.78 is 3.63. The molecular formula is C18H21N5O. The minimum Gasteiger partial charge on any atom is -0.307 e. The fourth-order valence-electron chi connectivity index (χ4n) is 3.30. The average molecular weight is 323 g/mol. The molecule has 0 fully saturated rings. The first-order valence-electron chi connectivity index (χ1n) is 8.48. The van der Waals surface area contributed by atoms with E-state index in [0.29, 0.717) is 6.54 Å². The Morgan fingerprint density at radius 1 is 1.29 bits per heavy atom. The van der Waals surface area contributed by atoms with Gasteiger partial charge in [0, 0.05) is 51.1 Å². The Labute approximate surface area is 140 Å². The van der Waals surface area contributed by atoms with Gasteiger partial charge in [0.2, 0.25) is 0 Å².